The van der Waals surface area contributed by atoms with Crippen molar-refractivity contribution in [1.29, 1.82) is 0 Å². The summed E-state index contributed by atoms with van der Waals surface area (Å²) in [6.07, 6.45) is 2.81. The lowest BCUT2D eigenvalue weighted by Crippen LogP contribution is -3.15. The maximum Gasteiger partial charge on any atom is 0.254 e. The molecule has 2 aliphatic rings. The lowest BCUT2D eigenvalue weighted by molar-refractivity contribution is -0.906. The van der Waals surface area contributed by atoms with Gasteiger partial charge in [-0.05, 0) is 31.0 Å². The molecule has 3 rings (SSSR count). The van der Waals surface area contributed by atoms with E-state index >= 15 is 0 Å². The quantitative estimate of drug-likeness (QED) is 0.865. The monoisotopic (exact) mass is 305 g/mol. The van der Waals surface area contributed by atoms with Crippen LogP contribution in [0.2, 0.25) is 0 Å². The average Bonchev–Trinajstić information content (AvgIpc) is 3.08. The van der Waals surface area contributed by atoms with Gasteiger partial charge in [0.2, 0.25) is 0 Å². The molecule has 0 radical (unpaired) electrons. The molecular weight excluding hydrogens is 280 g/mol. The third-order valence-corrected chi connectivity index (χ3v) is 4.61. The lowest BCUT2D eigenvalue weighted by Gasteiger charge is -2.33. The van der Waals surface area contributed by atoms with Crippen LogP contribution in [0.25, 0.3) is 0 Å². The van der Waals surface area contributed by atoms with Gasteiger partial charge >= 0.3 is 0 Å². The number of ether oxygens (including phenoxy) is 2. The van der Waals surface area contributed by atoms with Crippen molar-refractivity contribution in [3.8, 4) is 5.75 Å². The van der Waals surface area contributed by atoms with Gasteiger partial charge in [0.15, 0.2) is 0 Å². The topological polar surface area (TPSA) is 43.2 Å². The van der Waals surface area contributed by atoms with Crippen LogP contribution in [0.15, 0.2) is 24.3 Å². The van der Waals surface area contributed by atoms with E-state index in [9.17, 15) is 4.79 Å². The van der Waals surface area contributed by atoms with Crippen LogP contribution in [0.1, 0.15) is 23.2 Å². The van der Waals surface area contributed by atoms with E-state index in [1.165, 1.54) is 12.8 Å². The molecule has 0 aromatic heterocycles. The molecule has 0 bridgehead atoms. The second-order valence-electron chi connectivity index (χ2n) is 6.11. The highest BCUT2D eigenvalue weighted by atomic mass is 16.5. The minimum Gasteiger partial charge on any atom is -0.497 e. The molecule has 2 saturated heterocycles. The highest BCUT2D eigenvalue weighted by Gasteiger charge is 2.28. The number of carbonyl (C=O) groups is 1. The van der Waals surface area contributed by atoms with Gasteiger partial charge in [-0.25, -0.2) is 0 Å². The summed E-state index contributed by atoms with van der Waals surface area (Å²) in [5.74, 6) is 0.837. The first kappa shape index (κ1) is 15.3. The van der Waals surface area contributed by atoms with Gasteiger partial charge in [-0.3, -0.25) is 4.79 Å². The van der Waals surface area contributed by atoms with Crippen LogP contribution in [0.5, 0.6) is 5.75 Å². The fourth-order valence-corrected chi connectivity index (χ4v) is 3.30. The molecule has 1 aromatic carbocycles. The Morgan fingerprint density at radius 1 is 1.41 bits per heavy atom. The van der Waals surface area contributed by atoms with Gasteiger partial charge in [-0.1, -0.05) is 6.07 Å². The highest BCUT2D eigenvalue weighted by Crippen LogP contribution is 2.14. The first-order valence-electron chi connectivity index (χ1n) is 8.15. The summed E-state index contributed by atoms with van der Waals surface area (Å²) in [7, 11) is 1.62. The number of nitrogens with zero attached hydrogens (tertiary/aromatic N) is 1. The molecule has 2 heterocycles. The van der Waals surface area contributed by atoms with Crippen molar-refractivity contribution >= 4 is 5.91 Å². The van der Waals surface area contributed by atoms with Gasteiger partial charge in [0, 0.05) is 12.2 Å². The number of hydrogen-bond acceptors (Lipinski definition) is 3. The van der Waals surface area contributed by atoms with Gasteiger partial charge in [0.25, 0.3) is 5.91 Å². The van der Waals surface area contributed by atoms with Crippen molar-refractivity contribution in [2.75, 3.05) is 46.4 Å². The molecule has 0 unspecified atom stereocenters. The summed E-state index contributed by atoms with van der Waals surface area (Å²) in [4.78, 5) is 16.1. The van der Waals surface area contributed by atoms with Crippen LogP contribution >= 0.6 is 0 Å². The zero-order chi connectivity index (χ0) is 15.4. The van der Waals surface area contributed by atoms with E-state index in [1.807, 2.05) is 29.2 Å². The lowest BCUT2D eigenvalue weighted by atomic mass is 10.1. The minimum absolute atomic E-state index is 0.107. The molecule has 0 aliphatic carbocycles. The summed E-state index contributed by atoms with van der Waals surface area (Å²) >= 11 is 0. The number of hydrogen-bond donors (Lipinski definition) is 1. The van der Waals surface area contributed by atoms with E-state index in [4.69, 9.17) is 9.47 Å². The zero-order valence-corrected chi connectivity index (χ0v) is 13.2. The van der Waals surface area contributed by atoms with Crippen molar-refractivity contribution in [1.82, 2.24) is 4.90 Å². The molecule has 2 aliphatic heterocycles. The second kappa shape index (κ2) is 7.11. The van der Waals surface area contributed by atoms with Gasteiger partial charge < -0.3 is 19.3 Å². The normalized spacial score (nSPS) is 22.8. The van der Waals surface area contributed by atoms with Crippen LogP contribution in [0, 0.1) is 0 Å². The molecule has 1 amide bonds. The summed E-state index contributed by atoms with van der Waals surface area (Å²) < 4.78 is 10.9. The van der Waals surface area contributed by atoms with Gasteiger partial charge in [0.1, 0.15) is 18.4 Å². The number of carbonyl (C=O) groups excluding carboxylic acids is 1. The van der Waals surface area contributed by atoms with Gasteiger partial charge in [0.05, 0.1) is 33.3 Å². The third kappa shape index (κ3) is 3.59. The van der Waals surface area contributed by atoms with Crippen LogP contribution in [0.4, 0.5) is 0 Å². The van der Waals surface area contributed by atoms with Crippen LogP contribution in [0.3, 0.4) is 0 Å². The molecule has 5 nitrogen and oxygen atoms in total. The maximum absolute atomic E-state index is 12.6. The Morgan fingerprint density at radius 2 is 2.23 bits per heavy atom. The molecule has 1 aromatic rings. The van der Waals surface area contributed by atoms with E-state index < -0.39 is 0 Å². The number of quaternary nitrogens is 1. The predicted octanol–water partition coefficient (Wildman–Crippen LogP) is 0.215. The van der Waals surface area contributed by atoms with E-state index in [2.05, 4.69) is 0 Å². The smallest absolute Gasteiger partial charge is 0.254 e. The summed E-state index contributed by atoms with van der Waals surface area (Å²) in [5, 5.41) is 0. The van der Waals surface area contributed by atoms with E-state index in [0.29, 0.717) is 11.7 Å². The number of nitrogens with one attached hydrogen (secondary N) is 1. The number of benzene rings is 1. The molecule has 1 N–H and O–H groups in total. The second-order valence-corrected chi connectivity index (χ2v) is 6.11. The Labute approximate surface area is 131 Å². The predicted molar refractivity (Wildman–Crippen MR) is 83.4 cm³/mol. The minimum atomic E-state index is 0.107. The molecule has 1 atom stereocenters. The van der Waals surface area contributed by atoms with Crippen molar-refractivity contribution in [2.24, 2.45) is 0 Å². The van der Waals surface area contributed by atoms with Gasteiger partial charge in [-0.2, -0.15) is 0 Å². The molecule has 5 heteroatoms. The van der Waals surface area contributed by atoms with E-state index in [-0.39, 0.29) is 5.91 Å². The largest absolute Gasteiger partial charge is 0.497 e. The number of piperazine rings is 1. The fraction of sp³-hybridized carbons (Fsp3) is 0.588. The Kier molecular flexibility index (Phi) is 4.95. The molecule has 0 saturated carbocycles. The SMILES string of the molecule is COc1cccc(C(=O)N2CC[NH+](C[C@H]3CCCO3)CC2)c1. The fourth-order valence-electron chi connectivity index (χ4n) is 3.30. The number of amides is 1. The maximum atomic E-state index is 12.6. The van der Waals surface area contributed by atoms with Crippen LogP contribution < -0.4 is 9.64 Å². The molecule has 120 valence electrons. The first-order valence-corrected chi connectivity index (χ1v) is 8.15. The molecule has 2 fully saturated rings. The van der Waals surface area contributed by atoms with Crippen LogP contribution in [-0.2, 0) is 4.74 Å². The van der Waals surface area contributed by atoms with Crippen molar-refractivity contribution < 1.29 is 19.2 Å². The highest BCUT2D eigenvalue weighted by molar-refractivity contribution is 5.94. The van der Waals surface area contributed by atoms with E-state index in [1.54, 1.807) is 12.0 Å². The van der Waals surface area contributed by atoms with Gasteiger partial charge in [-0.15, -0.1) is 0 Å². The Bertz CT molecular complexity index is 506. The van der Waals surface area contributed by atoms with Crippen molar-refractivity contribution in [2.45, 2.75) is 18.9 Å². The summed E-state index contributed by atoms with van der Waals surface area (Å²) in [6, 6.07) is 7.40. The first-order chi connectivity index (χ1) is 10.8. The Morgan fingerprint density at radius 3 is 2.91 bits per heavy atom. The Balaban J connectivity index is 1.52. The average molecular weight is 305 g/mol. The third-order valence-electron chi connectivity index (χ3n) is 4.61. The Hall–Kier alpha value is -1.59. The number of methoxy groups -OCH3 is 1. The standard InChI is InChI=1S/C17H24N2O3/c1-21-15-5-2-4-14(12-15)17(20)19-9-7-18(8-10-19)13-16-6-3-11-22-16/h2,4-5,12,16H,3,6-11,13H2,1H3/p+1/t16-/m1/s1. The molecular formula is C17H25N2O3+. The van der Waals surface area contributed by atoms with Crippen molar-refractivity contribution in [3.63, 3.8) is 0 Å². The molecule has 0 spiro atoms. The summed E-state index contributed by atoms with van der Waals surface area (Å²) in [6.45, 7) is 5.65. The number of rotatable bonds is 4. The molecule has 22 heavy (non-hydrogen) atoms. The van der Waals surface area contributed by atoms with E-state index in [0.717, 1.165) is 45.1 Å². The summed E-state index contributed by atoms with van der Waals surface area (Å²) in [5.41, 5.74) is 0.710. The van der Waals surface area contributed by atoms with Crippen LogP contribution in [-0.4, -0.2) is 63.4 Å². The zero-order valence-electron chi connectivity index (χ0n) is 13.2. The van der Waals surface area contributed by atoms with Crippen molar-refractivity contribution in [3.05, 3.63) is 29.8 Å².